The molecule has 2 rings (SSSR count). The van der Waals surface area contributed by atoms with Crippen LogP contribution in [0.3, 0.4) is 0 Å². The third-order valence-corrected chi connectivity index (χ3v) is 3.20. The maximum absolute atomic E-state index is 11.9. The number of aliphatic hydroxyl groups excluding tert-OH is 1. The van der Waals surface area contributed by atoms with E-state index < -0.39 is 6.10 Å². The molecule has 0 bridgehead atoms. The highest BCUT2D eigenvalue weighted by Crippen LogP contribution is 2.04. The molecule has 1 atom stereocenters. The largest absolute Gasteiger partial charge is 0.391 e. The lowest BCUT2D eigenvalue weighted by Crippen LogP contribution is -2.33. The summed E-state index contributed by atoms with van der Waals surface area (Å²) in [5.74, 6) is -0.263. The number of aromatic nitrogens is 2. The van der Waals surface area contributed by atoms with Gasteiger partial charge in [0.15, 0.2) is 0 Å². The first-order valence-electron chi connectivity index (χ1n) is 7.23. The number of carbonyl (C=O) groups is 1. The Morgan fingerprint density at radius 1 is 1.38 bits per heavy atom. The predicted octanol–water partition coefficient (Wildman–Crippen LogP) is 1.70. The van der Waals surface area contributed by atoms with Gasteiger partial charge in [0.25, 0.3) is 5.91 Å². The molecule has 1 heterocycles. The third kappa shape index (κ3) is 4.72. The molecular weight excluding hydrogens is 266 g/mol. The molecule has 5 nitrogen and oxygen atoms in total. The zero-order chi connectivity index (χ0) is 15.1. The van der Waals surface area contributed by atoms with E-state index in [4.69, 9.17) is 0 Å². The summed E-state index contributed by atoms with van der Waals surface area (Å²) < 4.78 is 0. The summed E-state index contributed by atoms with van der Waals surface area (Å²) in [5, 5.41) is 19.5. The monoisotopic (exact) mass is 287 g/mol. The van der Waals surface area contributed by atoms with Crippen molar-refractivity contribution in [1.82, 2.24) is 15.5 Å². The summed E-state index contributed by atoms with van der Waals surface area (Å²) in [5.41, 5.74) is 2.36. The van der Waals surface area contributed by atoms with Crippen LogP contribution in [-0.4, -0.2) is 33.9 Å². The van der Waals surface area contributed by atoms with E-state index in [1.165, 1.54) is 0 Å². The number of carbonyl (C=O) groups excluding carboxylic acids is 1. The second kappa shape index (κ2) is 7.59. The lowest BCUT2D eigenvalue weighted by molar-refractivity contribution is 0.0911. The lowest BCUT2D eigenvalue weighted by atomic mass is 10.1. The van der Waals surface area contributed by atoms with Crippen molar-refractivity contribution < 1.29 is 9.90 Å². The van der Waals surface area contributed by atoms with Crippen LogP contribution in [0.5, 0.6) is 0 Å². The van der Waals surface area contributed by atoms with E-state index in [-0.39, 0.29) is 12.5 Å². The Balaban J connectivity index is 1.80. The first kappa shape index (κ1) is 15.3. The van der Waals surface area contributed by atoms with Crippen molar-refractivity contribution in [1.29, 1.82) is 0 Å². The van der Waals surface area contributed by atoms with Gasteiger partial charge in [0.1, 0.15) is 5.69 Å². The Morgan fingerprint density at radius 3 is 2.86 bits per heavy atom. The molecule has 1 unspecified atom stereocenters. The predicted molar refractivity (Wildman–Crippen MR) is 81.1 cm³/mol. The number of aliphatic hydroxyl groups is 1. The molecule has 0 aliphatic rings. The van der Waals surface area contributed by atoms with Gasteiger partial charge < -0.3 is 10.4 Å². The molecule has 1 amide bonds. The van der Waals surface area contributed by atoms with Crippen LogP contribution in [0.25, 0.3) is 0 Å². The van der Waals surface area contributed by atoms with Gasteiger partial charge in [-0.15, -0.1) is 0 Å². The van der Waals surface area contributed by atoms with Crippen LogP contribution in [0.15, 0.2) is 36.4 Å². The molecule has 3 N–H and O–H groups in total. The van der Waals surface area contributed by atoms with Crippen molar-refractivity contribution in [3.05, 3.63) is 53.3 Å². The highest BCUT2D eigenvalue weighted by atomic mass is 16.3. The van der Waals surface area contributed by atoms with Gasteiger partial charge in [-0.05, 0) is 18.1 Å². The quantitative estimate of drug-likeness (QED) is 0.725. The summed E-state index contributed by atoms with van der Waals surface area (Å²) in [4.78, 5) is 11.9. The average molecular weight is 287 g/mol. The number of benzene rings is 1. The van der Waals surface area contributed by atoms with Gasteiger partial charge in [0.2, 0.25) is 0 Å². The molecule has 0 radical (unpaired) electrons. The first-order chi connectivity index (χ1) is 10.2. The van der Waals surface area contributed by atoms with Crippen LogP contribution >= 0.6 is 0 Å². The Labute approximate surface area is 124 Å². The number of aryl methyl sites for hydroxylation is 1. The number of hydrogen-bond donors (Lipinski definition) is 3. The maximum atomic E-state index is 11.9. The number of aromatic amines is 1. The molecule has 1 aromatic heterocycles. The molecular formula is C16H21N3O2. The molecule has 1 aromatic carbocycles. The fraction of sp³-hybridized carbons (Fsp3) is 0.375. The normalized spacial score (nSPS) is 12.1. The highest BCUT2D eigenvalue weighted by molar-refractivity contribution is 5.92. The van der Waals surface area contributed by atoms with Crippen LogP contribution in [0, 0.1) is 0 Å². The number of nitrogens with one attached hydrogen (secondary N) is 2. The second-order valence-corrected chi connectivity index (χ2v) is 5.08. The molecule has 2 aromatic rings. The molecule has 0 aliphatic heterocycles. The van der Waals surface area contributed by atoms with Crippen LogP contribution < -0.4 is 5.32 Å². The minimum absolute atomic E-state index is 0.212. The van der Waals surface area contributed by atoms with E-state index in [9.17, 15) is 9.90 Å². The third-order valence-electron chi connectivity index (χ3n) is 3.20. The molecule has 0 aliphatic carbocycles. The number of nitrogens with zero attached hydrogens (tertiary/aromatic N) is 1. The van der Waals surface area contributed by atoms with E-state index >= 15 is 0 Å². The number of H-pyrrole nitrogens is 1. The van der Waals surface area contributed by atoms with Gasteiger partial charge >= 0.3 is 0 Å². The Kier molecular flexibility index (Phi) is 5.51. The van der Waals surface area contributed by atoms with Gasteiger partial charge in [-0.1, -0.05) is 43.7 Å². The van der Waals surface area contributed by atoms with E-state index in [0.717, 1.165) is 24.1 Å². The molecule has 0 fully saturated rings. The second-order valence-electron chi connectivity index (χ2n) is 5.08. The SMILES string of the molecule is CCCc1cc(C(=O)NCC(O)Cc2ccccc2)n[nH]1. The number of rotatable bonds is 7. The van der Waals surface area contributed by atoms with Crippen molar-refractivity contribution in [2.24, 2.45) is 0 Å². The smallest absolute Gasteiger partial charge is 0.271 e. The van der Waals surface area contributed by atoms with E-state index in [0.29, 0.717) is 12.1 Å². The zero-order valence-electron chi connectivity index (χ0n) is 12.2. The zero-order valence-corrected chi connectivity index (χ0v) is 12.2. The maximum Gasteiger partial charge on any atom is 0.271 e. The standard InChI is InChI=1S/C16H21N3O2/c1-2-6-13-10-15(19-18-13)16(21)17-11-14(20)9-12-7-4-3-5-8-12/h3-5,7-8,10,14,20H,2,6,9,11H2,1H3,(H,17,21)(H,18,19). The molecule has 5 heteroatoms. The summed E-state index contributed by atoms with van der Waals surface area (Å²) in [6.45, 7) is 2.28. The van der Waals surface area contributed by atoms with E-state index in [1.807, 2.05) is 30.3 Å². The van der Waals surface area contributed by atoms with Crippen molar-refractivity contribution in [2.45, 2.75) is 32.3 Å². The summed E-state index contributed by atoms with van der Waals surface area (Å²) in [7, 11) is 0. The van der Waals surface area contributed by atoms with Gasteiger partial charge in [-0.25, -0.2) is 0 Å². The molecule has 112 valence electrons. The van der Waals surface area contributed by atoms with Crippen molar-refractivity contribution in [2.75, 3.05) is 6.54 Å². The minimum Gasteiger partial charge on any atom is -0.391 e. The van der Waals surface area contributed by atoms with Gasteiger partial charge in [0.05, 0.1) is 6.10 Å². The number of hydrogen-bond acceptors (Lipinski definition) is 3. The van der Waals surface area contributed by atoms with Crippen LogP contribution in [-0.2, 0) is 12.8 Å². The Bertz CT molecular complexity index is 566. The summed E-state index contributed by atoms with van der Waals surface area (Å²) >= 11 is 0. The first-order valence-corrected chi connectivity index (χ1v) is 7.23. The Morgan fingerprint density at radius 2 is 2.14 bits per heavy atom. The summed E-state index contributed by atoms with van der Waals surface area (Å²) in [6.07, 6.45) is 1.78. The summed E-state index contributed by atoms with van der Waals surface area (Å²) in [6, 6.07) is 11.5. The van der Waals surface area contributed by atoms with E-state index in [2.05, 4.69) is 22.4 Å². The topological polar surface area (TPSA) is 78.0 Å². The van der Waals surface area contributed by atoms with Crippen LogP contribution in [0.1, 0.15) is 35.1 Å². The van der Waals surface area contributed by atoms with Crippen molar-refractivity contribution in [3.8, 4) is 0 Å². The Hall–Kier alpha value is -2.14. The van der Waals surface area contributed by atoms with Crippen molar-refractivity contribution in [3.63, 3.8) is 0 Å². The van der Waals surface area contributed by atoms with Gasteiger partial charge in [0, 0.05) is 18.7 Å². The van der Waals surface area contributed by atoms with Crippen molar-refractivity contribution >= 4 is 5.91 Å². The fourth-order valence-corrected chi connectivity index (χ4v) is 2.13. The lowest BCUT2D eigenvalue weighted by Gasteiger charge is -2.11. The highest BCUT2D eigenvalue weighted by Gasteiger charge is 2.12. The molecule has 0 saturated carbocycles. The average Bonchev–Trinajstić information content (AvgIpc) is 2.95. The van der Waals surface area contributed by atoms with Crippen LogP contribution in [0.2, 0.25) is 0 Å². The molecule has 21 heavy (non-hydrogen) atoms. The van der Waals surface area contributed by atoms with E-state index in [1.54, 1.807) is 6.07 Å². The molecule has 0 saturated heterocycles. The van der Waals surface area contributed by atoms with Gasteiger partial charge in [-0.3, -0.25) is 9.89 Å². The molecule has 0 spiro atoms. The van der Waals surface area contributed by atoms with Crippen LogP contribution in [0.4, 0.5) is 0 Å². The minimum atomic E-state index is -0.606. The fourth-order valence-electron chi connectivity index (χ4n) is 2.13. The number of amides is 1. The van der Waals surface area contributed by atoms with Gasteiger partial charge in [-0.2, -0.15) is 5.10 Å².